The van der Waals surface area contributed by atoms with Crippen LogP contribution >= 0.6 is 11.8 Å². The lowest BCUT2D eigenvalue weighted by atomic mass is 9.87. The van der Waals surface area contributed by atoms with E-state index in [0.29, 0.717) is 5.75 Å². The van der Waals surface area contributed by atoms with Crippen molar-refractivity contribution >= 4 is 22.8 Å². The molecule has 3 nitrogen and oxygen atoms in total. The average Bonchev–Trinajstić information content (AvgIpc) is 2.77. The van der Waals surface area contributed by atoms with Crippen LogP contribution in [0.25, 0.3) is 0 Å². The van der Waals surface area contributed by atoms with Gasteiger partial charge in [-0.25, -0.2) is 4.79 Å². The molecule has 0 aliphatic carbocycles. The van der Waals surface area contributed by atoms with E-state index >= 15 is 0 Å². The number of hydrogen-bond donors (Lipinski definition) is 1. The second-order valence-electron chi connectivity index (χ2n) is 5.43. The quantitative estimate of drug-likeness (QED) is 0.892. The zero-order chi connectivity index (χ0) is 13.3. The Balaban J connectivity index is 2.21. The van der Waals surface area contributed by atoms with Crippen LogP contribution < -0.4 is 0 Å². The number of aliphatic imine (C=N–C) groups is 1. The summed E-state index contributed by atoms with van der Waals surface area (Å²) < 4.78 is 0. The Bertz CT molecular complexity index is 486. The van der Waals surface area contributed by atoms with Crippen molar-refractivity contribution in [1.29, 1.82) is 0 Å². The van der Waals surface area contributed by atoms with Gasteiger partial charge in [0.25, 0.3) is 0 Å². The van der Waals surface area contributed by atoms with Gasteiger partial charge < -0.3 is 5.11 Å². The van der Waals surface area contributed by atoms with E-state index in [1.807, 2.05) is 12.1 Å². The van der Waals surface area contributed by atoms with Crippen LogP contribution in [0.1, 0.15) is 31.9 Å². The maximum absolute atomic E-state index is 10.8. The van der Waals surface area contributed by atoms with Crippen molar-refractivity contribution in [2.24, 2.45) is 4.99 Å². The highest BCUT2D eigenvalue weighted by Crippen LogP contribution is 2.26. The molecule has 1 aromatic carbocycles. The van der Waals surface area contributed by atoms with Crippen LogP contribution in [-0.2, 0) is 10.2 Å². The highest BCUT2D eigenvalue weighted by atomic mass is 32.2. The van der Waals surface area contributed by atoms with E-state index < -0.39 is 12.0 Å². The van der Waals surface area contributed by atoms with Crippen LogP contribution in [0, 0.1) is 0 Å². The fraction of sp³-hybridized carbons (Fsp3) is 0.429. The van der Waals surface area contributed by atoms with Crippen LogP contribution in [-0.4, -0.2) is 27.9 Å². The second kappa shape index (κ2) is 4.76. The Kier molecular flexibility index (Phi) is 3.48. The normalized spacial score (nSPS) is 19.7. The molecule has 0 bridgehead atoms. The van der Waals surface area contributed by atoms with Gasteiger partial charge >= 0.3 is 5.97 Å². The number of nitrogens with zero attached hydrogens (tertiary/aromatic N) is 1. The molecular formula is C14H17NO2S. The molecule has 96 valence electrons. The fourth-order valence-electron chi connectivity index (χ4n) is 1.77. The predicted molar refractivity (Wildman–Crippen MR) is 75.6 cm³/mol. The summed E-state index contributed by atoms with van der Waals surface area (Å²) in [6.45, 7) is 6.51. The van der Waals surface area contributed by atoms with Crippen LogP contribution in [0.5, 0.6) is 0 Å². The van der Waals surface area contributed by atoms with Crippen LogP contribution in [0.15, 0.2) is 29.3 Å². The standard InChI is InChI=1S/C14H17NO2S/c1-14(2,3)10-6-4-9(5-7-10)12-15-11(8-18-12)13(16)17/h4-7,11H,8H2,1-3H3,(H,16,17). The molecule has 2 rings (SSSR count). The molecule has 1 unspecified atom stereocenters. The Morgan fingerprint density at radius 2 is 1.94 bits per heavy atom. The third-order valence-corrected chi connectivity index (χ3v) is 4.03. The molecule has 1 aliphatic heterocycles. The zero-order valence-corrected chi connectivity index (χ0v) is 11.6. The molecule has 18 heavy (non-hydrogen) atoms. The molecule has 1 heterocycles. The average molecular weight is 263 g/mol. The molecule has 0 fully saturated rings. The molecular weight excluding hydrogens is 246 g/mol. The summed E-state index contributed by atoms with van der Waals surface area (Å²) in [7, 11) is 0. The largest absolute Gasteiger partial charge is 0.480 e. The summed E-state index contributed by atoms with van der Waals surface area (Å²) in [6, 6.07) is 7.64. The maximum atomic E-state index is 10.8. The van der Waals surface area contributed by atoms with E-state index in [9.17, 15) is 4.79 Å². The Hall–Kier alpha value is -1.29. The molecule has 0 saturated heterocycles. The minimum Gasteiger partial charge on any atom is -0.480 e. The van der Waals surface area contributed by atoms with E-state index in [1.54, 1.807) is 0 Å². The summed E-state index contributed by atoms with van der Waals surface area (Å²) in [5.41, 5.74) is 2.41. The Morgan fingerprint density at radius 3 is 2.39 bits per heavy atom. The van der Waals surface area contributed by atoms with E-state index in [2.05, 4.69) is 37.9 Å². The highest BCUT2D eigenvalue weighted by molar-refractivity contribution is 8.14. The van der Waals surface area contributed by atoms with E-state index in [4.69, 9.17) is 5.11 Å². The lowest BCUT2D eigenvalue weighted by Gasteiger charge is -2.19. The number of hydrogen-bond acceptors (Lipinski definition) is 3. The smallest absolute Gasteiger partial charge is 0.329 e. The highest BCUT2D eigenvalue weighted by Gasteiger charge is 2.25. The van der Waals surface area contributed by atoms with Crippen LogP contribution in [0.3, 0.4) is 0 Å². The fourth-order valence-corrected chi connectivity index (χ4v) is 2.81. The first-order valence-electron chi connectivity index (χ1n) is 5.92. The van der Waals surface area contributed by atoms with Gasteiger partial charge in [0.15, 0.2) is 6.04 Å². The number of benzene rings is 1. The van der Waals surface area contributed by atoms with Crippen molar-refractivity contribution in [3.63, 3.8) is 0 Å². The summed E-state index contributed by atoms with van der Waals surface area (Å²) in [6.07, 6.45) is 0. The van der Waals surface area contributed by atoms with E-state index in [1.165, 1.54) is 17.3 Å². The number of carboxylic acid groups (broad SMARTS) is 1. The molecule has 0 radical (unpaired) electrons. The summed E-state index contributed by atoms with van der Waals surface area (Å²) in [5, 5.41) is 9.74. The van der Waals surface area contributed by atoms with Gasteiger partial charge in [0.05, 0.1) is 5.04 Å². The summed E-state index contributed by atoms with van der Waals surface area (Å²) >= 11 is 1.51. The Labute approximate surface area is 111 Å². The van der Waals surface area contributed by atoms with Crippen molar-refractivity contribution in [2.45, 2.75) is 32.2 Å². The minimum absolute atomic E-state index is 0.132. The van der Waals surface area contributed by atoms with Gasteiger partial charge in [-0.2, -0.15) is 0 Å². The number of rotatable bonds is 2. The molecule has 1 aromatic rings. The van der Waals surface area contributed by atoms with E-state index in [-0.39, 0.29) is 5.41 Å². The van der Waals surface area contributed by atoms with Crippen molar-refractivity contribution in [2.75, 3.05) is 5.75 Å². The van der Waals surface area contributed by atoms with Crippen molar-refractivity contribution in [1.82, 2.24) is 0 Å². The molecule has 0 saturated carbocycles. The second-order valence-corrected chi connectivity index (χ2v) is 6.44. The van der Waals surface area contributed by atoms with E-state index in [0.717, 1.165) is 10.6 Å². The first kappa shape index (κ1) is 13.1. The number of carbonyl (C=O) groups is 1. The summed E-state index contributed by atoms with van der Waals surface area (Å²) in [5.74, 6) is -0.310. The predicted octanol–water partition coefficient (Wildman–Crippen LogP) is 2.93. The number of aliphatic carboxylic acids is 1. The van der Waals surface area contributed by atoms with Crippen molar-refractivity contribution in [3.05, 3.63) is 35.4 Å². The monoisotopic (exact) mass is 263 g/mol. The third kappa shape index (κ3) is 2.75. The molecule has 1 aliphatic rings. The number of thioether (sulfide) groups is 1. The molecule has 1 N–H and O–H groups in total. The lowest BCUT2D eigenvalue weighted by Crippen LogP contribution is -2.17. The summed E-state index contributed by atoms with van der Waals surface area (Å²) in [4.78, 5) is 15.1. The van der Waals surface area contributed by atoms with Gasteiger partial charge in [0.1, 0.15) is 0 Å². The molecule has 1 atom stereocenters. The van der Waals surface area contributed by atoms with Gasteiger partial charge in [-0.1, -0.05) is 45.0 Å². The lowest BCUT2D eigenvalue weighted by molar-refractivity contribution is -0.137. The first-order chi connectivity index (χ1) is 8.38. The van der Waals surface area contributed by atoms with Crippen molar-refractivity contribution in [3.8, 4) is 0 Å². The maximum Gasteiger partial charge on any atom is 0.329 e. The molecule has 0 aromatic heterocycles. The van der Waals surface area contributed by atoms with Crippen molar-refractivity contribution < 1.29 is 9.90 Å². The molecule has 4 heteroatoms. The van der Waals surface area contributed by atoms with Gasteiger partial charge in [0, 0.05) is 11.3 Å². The first-order valence-corrected chi connectivity index (χ1v) is 6.91. The SMILES string of the molecule is CC(C)(C)c1ccc(C2=NC(C(=O)O)CS2)cc1. The van der Waals surface area contributed by atoms with Gasteiger partial charge in [-0.05, 0) is 11.0 Å². The number of carboxylic acids is 1. The van der Waals surface area contributed by atoms with Gasteiger partial charge in [-0.3, -0.25) is 4.99 Å². The van der Waals surface area contributed by atoms with Gasteiger partial charge in [-0.15, -0.1) is 11.8 Å². The molecule has 0 spiro atoms. The van der Waals surface area contributed by atoms with Crippen LogP contribution in [0.4, 0.5) is 0 Å². The van der Waals surface area contributed by atoms with Crippen LogP contribution in [0.2, 0.25) is 0 Å². The van der Waals surface area contributed by atoms with Gasteiger partial charge in [0.2, 0.25) is 0 Å². The third-order valence-electron chi connectivity index (χ3n) is 2.93. The zero-order valence-electron chi connectivity index (χ0n) is 10.8. The topological polar surface area (TPSA) is 49.7 Å². The molecule has 0 amide bonds. The Morgan fingerprint density at radius 1 is 1.33 bits per heavy atom. The minimum atomic E-state index is -0.844.